The Morgan fingerprint density at radius 2 is 2.11 bits per heavy atom. The molecule has 1 saturated heterocycles. The number of hydrogen-bond acceptors (Lipinski definition) is 7. The van der Waals surface area contributed by atoms with Gasteiger partial charge in [-0.3, -0.25) is 9.59 Å². The molecule has 2 amide bonds. The summed E-state index contributed by atoms with van der Waals surface area (Å²) in [5, 5.41) is 6.97. The number of aryl methyl sites for hydroxylation is 2. The Hall–Kier alpha value is -2.47. The molecule has 4 rings (SSSR count). The standard InChI is InChI=1S/C25H29IN4O4S/c1-14(2)22(21-10-15(3)29-34-21)25(32)30-9-5-6-19(30)24(31)27-12-18-8-7-17(11-20(18)33-26)23-16(4)28-13-35-23/h7-8,10-11,13-14,19,22H,5-6,9,12H2,1-4H3,(H,27,31)/t19-,22?/m0/s1. The molecule has 1 aliphatic rings. The lowest BCUT2D eigenvalue weighted by Crippen LogP contribution is -2.47. The van der Waals surface area contributed by atoms with Gasteiger partial charge < -0.3 is 17.8 Å². The van der Waals surface area contributed by atoms with Crippen LogP contribution < -0.4 is 8.38 Å². The molecule has 0 radical (unpaired) electrons. The first-order valence-electron chi connectivity index (χ1n) is 11.6. The summed E-state index contributed by atoms with van der Waals surface area (Å²) in [5.41, 5.74) is 5.43. The van der Waals surface area contributed by atoms with Crippen LogP contribution in [0.25, 0.3) is 10.4 Å². The summed E-state index contributed by atoms with van der Waals surface area (Å²) in [5.74, 6) is 0.544. The zero-order valence-electron chi connectivity index (χ0n) is 20.2. The van der Waals surface area contributed by atoms with Gasteiger partial charge in [-0.1, -0.05) is 31.1 Å². The van der Waals surface area contributed by atoms with Crippen molar-refractivity contribution in [3.63, 3.8) is 0 Å². The van der Waals surface area contributed by atoms with Crippen molar-refractivity contribution in [3.8, 4) is 16.2 Å². The van der Waals surface area contributed by atoms with Crippen molar-refractivity contribution in [3.05, 3.63) is 52.5 Å². The first-order valence-corrected chi connectivity index (χ1v) is 13.4. The maximum absolute atomic E-state index is 13.5. The quantitative estimate of drug-likeness (QED) is 0.354. The Labute approximate surface area is 223 Å². The predicted molar refractivity (Wildman–Crippen MR) is 142 cm³/mol. The van der Waals surface area contributed by atoms with Crippen LogP contribution in [0.1, 0.15) is 55.3 Å². The number of thiazole rings is 1. The molecule has 0 aliphatic carbocycles. The molecule has 8 nitrogen and oxygen atoms in total. The predicted octanol–water partition coefficient (Wildman–Crippen LogP) is 5.19. The van der Waals surface area contributed by atoms with Gasteiger partial charge in [-0.2, -0.15) is 0 Å². The number of likely N-dealkylation sites (tertiary alicyclic amines) is 1. The number of carbonyl (C=O) groups excluding carboxylic acids is 2. The van der Waals surface area contributed by atoms with Gasteiger partial charge in [0.05, 0.1) is 21.8 Å². The molecule has 35 heavy (non-hydrogen) atoms. The van der Waals surface area contributed by atoms with E-state index in [0.717, 1.165) is 33.8 Å². The summed E-state index contributed by atoms with van der Waals surface area (Å²) in [7, 11) is 0. The van der Waals surface area contributed by atoms with Crippen LogP contribution in [0.2, 0.25) is 0 Å². The van der Waals surface area contributed by atoms with Gasteiger partial charge in [0, 0.05) is 24.7 Å². The fourth-order valence-corrected chi connectivity index (χ4v) is 5.75. The van der Waals surface area contributed by atoms with Gasteiger partial charge in [0.25, 0.3) is 0 Å². The van der Waals surface area contributed by atoms with Crippen LogP contribution in [-0.4, -0.2) is 39.4 Å². The van der Waals surface area contributed by atoms with E-state index in [1.807, 2.05) is 74.4 Å². The third-order valence-corrected chi connectivity index (χ3v) is 7.79. The molecule has 0 bridgehead atoms. The molecule has 2 atom stereocenters. The molecule has 1 fully saturated rings. The lowest BCUT2D eigenvalue weighted by Gasteiger charge is -2.29. The second-order valence-electron chi connectivity index (χ2n) is 9.17. The molecule has 2 aromatic heterocycles. The average Bonchev–Trinajstić information content (AvgIpc) is 3.58. The van der Waals surface area contributed by atoms with E-state index in [0.29, 0.717) is 31.0 Å². The van der Waals surface area contributed by atoms with E-state index in [1.54, 1.807) is 22.3 Å². The number of aromatic nitrogens is 2. The first-order chi connectivity index (χ1) is 16.8. The fourth-order valence-electron chi connectivity index (χ4n) is 4.54. The van der Waals surface area contributed by atoms with Gasteiger partial charge in [-0.05, 0) is 44.2 Å². The zero-order chi connectivity index (χ0) is 25.1. The van der Waals surface area contributed by atoms with Crippen molar-refractivity contribution in [2.45, 2.75) is 59.0 Å². The Morgan fingerprint density at radius 1 is 1.31 bits per heavy atom. The molecule has 1 aromatic carbocycles. The van der Waals surface area contributed by atoms with Gasteiger partial charge in [-0.25, -0.2) is 4.98 Å². The van der Waals surface area contributed by atoms with E-state index in [4.69, 9.17) is 7.59 Å². The summed E-state index contributed by atoms with van der Waals surface area (Å²) < 4.78 is 11.0. The number of halogens is 1. The number of nitrogens with zero attached hydrogens (tertiary/aromatic N) is 3. The molecular formula is C25H29IN4O4S. The monoisotopic (exact) mass is 608 g/mol. The van der Waals surface area contributed by atoms with Gasteiger partial charge in [0.2, 0.25) is 11.8 Å². The Morgan fingerprint density at radius 3 is 2.74 bits per heavy atom. The van der Waals surface area contributed by atoms with Gasteiger partial charge in [-0.15, -0.1) is 11.3 Å². The number of amides is 2. The number of benzene rings is 1. The maximum Gasteiger partial charge on any atom is 0.243 e. The highest BCUT2D eigenvalue weighted by Gasteiger charge is 2.40. The molecule has 0 spiro atoms. The highest BCUT2D eigenvalue weighted by atomic mass is 127. The molecule has 1 unspecified atom stereocenters. The van der Waals surface area contributed by atoms with Crippen LogP contribution >= 0.6 is 34.3 Å². The number of nitrogens with one attached hydrogen (secondary N) is 1. The summed E-state index contributed by atoms with van der Waals surface area (Å²) in [4.78, 5) is 33.8. The van der Waals surface area contributed by atoms with E-state index >= 15 is 0 Å². The van der Waals surface area contributed by atoms with E-state index in [9.17, 15) is 9.59 Å². The molecule has 3 heterocycles. The van der Waals surface area contributed by atoms with Crippen molar-refractivity contribution in [2.75, 3.05) is 6.54 Å². The molecular weight excluding hydrogens is 579 g/mol. The molecule has 186 valence electrons. The van der Waals surface area contributed by atoms with Crippen molar-refractivity contribution in [1.82, 2.24) is 20.4 Å². The van der Waals surface area contributed by atoms with E-state index in [-0.39, 0.29) is 17.7 Å². The average molecular weight is 609 g/mol. The topological polar surface area (TPSA) is 97.6 Å². The molecule has 0 saturated carbocycles. The molecule has 3 aromatic rings. The maximum atomic E-state index is 13.5. The third-order valence-electron chi connectivity index (χ3n) is 6.34. The van der Waals surface area contributed by atoms with Crippen LogP contribution in [-0.2, 0) is 16.1 Å². The number of rotatable bonds is 8. The summed E-state index contributed by atoms with van der Waals surface area (Å²) >= 11 is 3.44. The van der Waals surface area contributed by atoms with E-state index in [2.05, 4.69) is 15.5 Å². The van der Waals surface area contributed by atoms with Crippen molar-refractivity contribution < 1.29 is 17.2 Å². The van der Waals surface area contributed by atoms with Crippen molar-refractivity contribution in [2.24, 2.45) is 5.92 Å². The van der Waals surface area contributed by atoms with Crippen LogP contribution in [0.15, 0.2) is 34.3 Å². The van der Waals surface area contributed by atoms with Crippen LogP contribution in [0.4, 0.5) is 0 Å². The minimum Gasteiger partial charge on any atom is -0.427 e. The second kappa shape index (κ2) is 11.1. The van der Waals surface area contributed by atoms with E-state index in [1.165, 1.54) is 0 Å². The lowest BCUT2D eigenvalue weighted by molar-refractivity contribution is -0.140. The van der Waals surface area contributed by atoms with Gasteiger partial charge >= 0.3 is 0 Å². The largest absolute Gasteiger partial charge is 0.427 e. The summed E-state index contributed by atoms with van der Waals surface area (Å²) in [6.07, 6.45) is 1.42. The number of hydrogen-bond donors (Lipinski definition) is 1. The minimum absolute atomic E-state index is 0.0169. The van der Waals surface area contributed by atoms with Gasteiger partial charge in [0.1, 0.15) is 23.5 Å². The van der Waals surface area contributed by atoms with Crippen LogP contribution in [0, 0.1) is 19.8 Å². The third kappa shape index (κ3) is 5.53. The molecule has 1 aliphatic heterocycles. The van der Waals surface area contributed by atoms with Gasteiger partial charge in [0.15, 0.2) is 23.0 Å². The molecule has 1 N–H and O–H groups in total. The SMILES string of the molecule is Cc1cc(C(C(=O)N2CCC[C@H]2C(=O)NCc2ccc(-c3scnc3C)cc2OI)C(C)C)on1. The Kier molecular flexibility index (Phi) is 8.10. The van der Waals surface area contributed by atoms with Crippen LogP contribution in [0.5, 0.6) is 5.75 Å². The van der Waals surface area contributed by atoms with Crippen molar-refractivity contribution >= 4 is 46.2 Å². The normalized spacial score (nSPS) is 16.5. The summed E-state index contributed by atoms with van der Waals surface area (Å²) in [6, 6.07) is 7.24. The van der Waals surface area contributed by atoms with E-state index < -0.39 is 12.0 Å². The van der Waals surface area contributed by atoms with Crippen LogP contribution in [0.3, 0.4) is 0 Å². The lowest BCUT2D eigenvalue weighted by atomic mass is 9.91. The molecule has 10 heteroatoms. The second-order valence-corrected chi connectivity index (χ2v) is 10.5. The Bertz CT molecular complexity index is 1210. The minimum atomic E-state index is -0.504. The first kappa shape index (κ1) is 25.6. The summed E-state index contributed by atoms with van der Waals surface area (Å²) in [6.45, 7) is 8.64. The Balaban J connectivity index is 1.46. The highest BCUT2D eigenvalue weighted by Crippen LogP contribution is 2.33. The highest BCUT2D eigenvalue weighted by molar-refractivity contribution is 14.1. The van der Waals surface area contributed by atoms with Crippen molar-refractivity contribution in [1.29, 1.82) is 0 Å². The zero-order valence-corrected chi connectivity index (χ0v) is 23.2. The number of carbonyl (C=O) groups is 2. The fraction of sp³-hybridized carbons (Fsp3) is 0.440. The smallest absolute Gasteiger partial charge is 0.243 e.